The quantitative estimate of drug-likeness (QED) is 0.198. The molecule has 5 fully saturated rings. The van der Waals surface area contributed by atoms with Gasteiger partial charge < -0.3 is 15.1 Å². The van der Waals surface area contributed by atoms with E-state index < -0.39 is 5.41 Å². The monoisotopic (exact) mass is 499 g/mol. The van der Waals surface area contributed by atoms with Crippen LogP contribution in [0.4, 0.5) is 0 Å². The van der Waals surface area contributed by atoms with Gasteiger partial charge in [0.15, 0.2) is 0 Å². The van der Waals surface area contributed by atoms with Gasteiger partial charge in [-0.2, -0.15) is 0 Å². The highest BCUT2D eigenvalue weighted by Crippen LogP contribution is 2.77. The van der Waals surface area contributed by atoms with Crippen molar-refractivity contribution in [1.82, 2.24) is 0 Å². The van der Waals surface area contributed by atoms with Crippen LogP contribution in [0.5, 0.6) is 0 Å². The summed E-state index contributed by atoms with van der Waals surface area (Å²) in [5, 5.41) is 24.0. The zero-order valence-electron chi connectivity index (χ0n) is 23.5. The third-order valence-corrected chi connectivity index (χ3v) is 13.7. The van der Waals surface area contributed by atoms with Crippen molar-refractivity contribution in [2.45, 2.75) is 98.8 Å². The zero-order chi connectivity index (χ0) is 26.3. The second-order valence-corrected chi connectivity index (χ2v) is 14.5. The predicted octanol–water partition coefficient (Wildman–Crippen LogP) is 6.62. The number of fused-ring (bicyclic) bond motifs is 7. The summed E-state index contributed by atoms with van der Waals surface area (Å²) in [5.74, 6) is 2.12. The van der Waals surface area contributed by atoms with Gasteiger partial charge in [-0.3, -0.25) is 4.79 Å². The molecule has 0 spiro atoms. The Labute approximate surface area is 218 Å². The standard InChI is InChI=1S/C31H49NO4/c1-19(2)20-10-15-31(26(34)36-7)17-16-29(5)21(25(20)31)8-9-23-27(3)13-12-24(32-35)28(4,18-33)22(27)11-14-30(23,29)6/h20-23,25,33,35H,1,8-18H2,2-7H3/b32-24+/t20-,21?,22+,23?,25?,27-,28-,29+,30+,31-/m0/s1. The van der Waals surface area contributed by atoms with E-state index in [-0.39, 0.29) is 34.2 Å². The van der Waals surface area contributed by atoms with Crippen LogP contribution in [0.2, 0.25) is 0 Å². The summed E-state index contributed by atoms with van der Waals surface area (Å²) < 4.78 is 5.49. The lowest BCUT2D eigenvalue weighted by Crippen LogP contribution is -2.67. The molecule has 0 aromatic carbocycles. The topological polar surface area (TPSA) is 79.1 Å². The van der Waals surface area contributed by atoms with Gasteiger partial charge in [-0.25, -0.2) is 0 Å². The van der Waals surface area contributed by atoms with Crippen LogP contribution in [0.15, 0.2) is 17.3 Å². The van der Waals surface area contributed by atoms with Crippen molar-refractivity contribution in [3.63, 3.8) is 0 Å². The normalized spacial score (nSPS) is 53.1. The lowest BCUT2D eigenvalue weighted by Gasteiger charge is -2.72. The van der Waals surface area contributed by atoms with Crippen LogP contribution in [0.25, 0.3) is 0 Å². The molecule has 0 heterocycles. The molecule has 0 radical (unpaired) electrons. The number of aliphatic hydroxyl groups is 1. The van der Waals surface area contributed by atoms with Gasteiger partial charge in [0, 0.05) is 5.41 Å². The molecule has 3 unspecified atom stereocenters. The zero-order valence-corrected chi connectivity index (χ0v) is 23.5. The van der Waals surface area contributed by atoms with E-state index in [0.29, 0.717) is 29.6 Å². The van der Waals surface area contributed by atoms with Crippen LogP contribution in [0.3, 0.4) is 0 Å². The second kappa shape index (κ2) is 8.32. The average Bonchev–Trinajstić information content (AvgIpc) is 3.25. The van der Waals surface area contributed by atoms with E-state index in [1.54, 1.807) is 7.11 Å². The fourth-order valence-corrected chi connectivity index (χ4v) is 11.7. The van der Waals surface area contributed by atoms with Crippen molar-refractivity contribution in [2.24, 2.45) is 61.8 Å². The van der Waals surface area contributed by atoms with E-state index in [2.05, 4.69) is 46.4 Å². The lowest BCUT2D eigenvalue weighted by atomic mass is 9.32. The predicted molar refractivity (Wildman–Crippen MR) is 142 cm³/mol. The van der Waals surface area contributed by atoms with E-state index in [1.807, 2.05) is 0 Å². The average molecular weight is 500 g/mol. The Morgan fingerprint density at radius 2 is 1.72 bits per heavy atom. The third-order valence-electron chi connectivity index (χ3n) is 13.7. The number of allylic oxidation sites excluding steroid dienone is 1. The fraction of sp³-hybridized carbons (Fsp3) is 0.871. The molecule has 36 heavy (non-hydrogen) atoms. The van der Waals surface area contributed by atoms with Gasteiger partial charge in [0.1, 0.15) is 0 Å². The Morgan fingerprint density at radius 3 is 2.33 bits per heavy atom. The number of rotatable bonds is 3. The summed E-state index contributed by atoms with van der Waals surface area (Å²) in [7, 11) is 1.57. The van der Waals surface area contributed by atoms with Crippen molar-refractivity contribution >= 4 is 11.7 Å². The SMILES string of the molecule is C=C(C)[C@@H]1CC[C@]2(C(=O)OC)CC[C@]3(C)C(CCC4[C@@]5(C)CC/C(=N\O)[C@@](C)(CO)[C@@H]5CC[C@]43C)C12. The lowest BCUT2D eigenvalue weighted by molar-refractivity contribution is -0.232. The molecule has 0 aliphatic heterocycles. The Morgan fingerprint density at radius 1 is 1.00 bits per heavy atom. The van der Waals surface area contributed by atoms with Gasteiger partial charge >= 0.3 is 5.97 Å². The van der Waals surface area contributed by atoms with Gasteiger partial charge in [-0.05, 0) is 117 Å². The summed E-state index contributed by atoms with van der Waals surface area (Å²) in [6, 6.07) is 0. The molecule has 5 saturated carbocycles. The summed E-state index contributed by atoms with van der Waals surface area (Å²) in [5.41, 5.74) is 1.66. The summed E-state index contributed by atoms with van der Waals surface area (Å²) >= 11 is 0. The third kappa shape index (κ3) is 2.98. The molecule has 202 valence electrons. The first-order valence-corrected chi connectivity index (χ1v) is 14.5. The smallest absolute Gasteiger partial charge is 0.312 e. The Hall–Kier alpha value is -1.36. The maximum absolute atomic E-state index is 13.4. The highest BCUT2D eigenvalue weighted by molar-refractivity contribution is 5.91. The minimum absolute atomic E-state index is 0.0167. The van der Waals surface area contributed by atoms with Gasteiger partial charge in [0.2, 0.25) is 0 Å². The first kappa shape index (κ1) is 26.3. The molecule has 5 nitrogen and oxygen atoms in total. The largest absolute Gasteiger partial charge is 0.469 e. The van der Waals surface area contributed by atoms with E-state index >= 15 is 0 Å². The van der Waals surface area contributed by atoms with Crippen LogP contribution < -0.4 is 0 Å². The van der Waals surface area contributed by atoms with E-state index in [0.717, 1.165) is 63.5 Å². The van der Waals surface area contributed by atoms with Crippen molar-refractivity contribution in [3.05, 3.63) is 12.2 Å². The molecule has 0 saturated heterocycles. The Bertz CT molecular complexity index is 976. The molecule has 5 heteroatoms. The van der Waals surface area contributed by atoms with Crippen LogP contribution in [0, 0.1) is 56.7 Å². The minimum atomic E-state index is -0.454. The van der Waals surface area contributed by atoms with Crippen molar-refractivity contribution in [3.8, 4) is 0 Å². The molecular formula is C31H49NO4. The molecule has 0 bridgehead atoms. The molecule has 5 aliphatic carbocycles. The number of carbonyl (C=O) groups is 1. The fourth-order valence-electron chi connectivity index (χ4n) is 11.7. The van der Waals surface area contributed by atoms with Crippen LogP contribution in [0.1, 0.15) is 98.8 Å². The molecule has 5 rings (SSSR count). The number of carbonyl (C=O) groups excluding carboxylic acids is 1. The Balaban J connectivity index is 1.56. The second-order valence-electron chi connectivity index (χ2n) is 14.5. The van der Waals surface area contributed by atoms with E-state index in [9.17, 15) is 15.1 Å². The molecule has 0 aromatic rings. The molecule has 5 aliphatic rings. The van der Waals surface area contributed by atoms with Crippen LogP contribution in [-0.2, 0) is 9.53 Å². The van der Waals surface area contributed by atoms with Gasteiger partial charge in [-0.1, -0.05) is 45.0 Å². The summed E-state index contributed by atoms with van der Waals surface area (Å²) in [4.78, 5) is 13.4. The number of aliphatic hydroxyl groups excluding tert-OH is 1. The highest BCUT2D eigenvalue weighted by atomic mass is 16.5. The molecule has 10 atom stereocenters. The number of oxime groups is 1. The number of esters is 1. The Kier molecular flexibility index (Phi) is 6.07. The maximum atomic E-state index is 13.4. The van der Waals surface area contributed by atoms with E-state index in [1.165, 1.54) is 12.0 Å². The highest BCUT2D eigenvalue weighted by Gasteiger charge is 2.72. The number of ether oxygens (including phenoxy) is 1. The van der Waals surface area contributed by atoms with Gasteiger partial charge in [-0.15, -0.1) is 0 Å². The van der Waals surface area contributed by atoms with Crippen LogP contribution >= 0.6 is 0 Å². The van der Waals surface area contributed by atoms with Gasteiger partial charge in [0.05, 0.1) is 24.8 Å². The number of nitrogens with zero attached hydrogens (tertiary/aromatic N) is 1. The van der Waals surface area contributed by atoms with Crippen molar-refractivity contribution < 1.29 is 19.8 Å². The molecule has 2 N–H and O–H groups in total. The number of hydrogen-bond donors (Lipinski definition) is 2. The minimum Gasteiger partial charge on any atom is -0.469 e. The maximum Gasteiger partial charge on any atom is 0.312 e. The molecule has 0 aromatic heterocycles. The summed E-state index contributed by atoms with van der Waals surface area (Å²) in [6.45, 7) is 16.4. The molecular weight excluding hydrogens is 450 g/mol. The first-order chi connectivity index (χ1) is 16.9. The van der Waals surface area contributed by atoms with Crippen molar-refractivity contribution in [1.29, 1.82) is 0 Å². The van der Waals surface area contributed by atoms with Crippen molar-refractivity contribution in [2.75, 3.05) is 13.7 Å². The molecule has 0 amide bonds. The van der Waals surface area contributed by atoms with E-state index in [4.69, 9.17) is 4.74 Å². The summed E-state index contributed by atoms with van der Waals surface area (Å²) in [6.07, 6.45) is 10.3. The first-order valence-electron chi connectivity index (χ1n) is 14.5. The number of methoxy groups -OCH3 is 1. The van der Waals surface area contributed by atoms with Gasteiger partial charge in [0.25, 0.3) is 0 Å². The van der Waals surface area contributed by atoms with Crippen LogP contribution in [-0.4, -0.2) is 35.7 Å². The number of hydrogen-bond acceptors (Lipinski definition) is 5.